The molecule has 3 atom stereocenters. The van der Waals surface area contributed by atoms with E-state index in [4.69, 9.17) is 11.2 Å². The molecular weight excluding hydrogens is 394 g/mol. The van der Waals surface area contributed by atoms with E-state index in [-0.39, 0.29) is 42.8 Å². The zero-order valence-corrected chi connectivity index (χ0v) is 19.4. The molecule has 0 spiro atoms. The van der Waals surface area contributed by atoms with Crippen molar-refractivity contribution in [2.75, 3.05) is 13.7 Å². The molecule has 1 aromatic carbocycles. The summed E-state index contributed by atoms with van der Waals surface area (Å²) in [6.45, 7) is 10.3. The van der Waals surface area contributed by atoms with Crippen molar-refractivity contribution in [3.8, 4) is 18.1 Å². The van der Waals surface area contributed by atoms with Gasteiger partial charge >= 0.3 is 0 Å². The normalized spacial score (nSPS) is 19.8. The molecule has 1 aromatic rings. The van der Waals surface area contributed by atoms with Crippen molar-refractivity contribution in [2.45, 2.75) is 71.8 Å². The van der Waals surface area contributed by atoms with Crippen LogP contribution in [0.1, 0.15) is 52.2 Å². The lowest BCUT2D eigenvalue weighted by Crippen LogP contribution is -2.57. The second-order valence-electron chi connectivity index (χ2n) is 9.41. The highest BCUT2D eigenvalue weighted by Crippen LogP contribution is 2.26. The van der Waals surface area contributed by atoms with Crippen LogP contribution < -0.4 is 15.4 Å². The van der Waals surface area contributed by atoms with Crippen LogP contribution in [-0.4, -0.2) is 59.7 Å². The fourth-order valence-electron chi connectivity index (χ4n) is 3.77. The summed E-state index contributed by atoms with van der Waals surface area (Å²) in [5.41, 5.74) is 1.12. The maximum atomic E-state index is 13.4. The van der Waals surface area contributed by atoms with Crippen LogP contribution in [-0.2, 0) is 16.1 Å². The van der Waals surface area contributed by atoms with Crippen LogP contribution in [0, 0.1) is 17.8 Å². The molecule has 31 heavy (non-hydrogen) atoms. The number of carbonyl (C=O) groups is 2. The standard InChI is InChI=1S/C24H35N3O4/c1-8-17-10-9-16(11-20(17)31-7)13-25-22(29)19-12-18(28)14-27(19)23(30)21(24(4,5)6)26-15(2)3/h1,9-11,15,18-19,21,26,28H,12-14H2,2-7H3,(H,25,29)/t18-,19+,21-/m1/s1. The Balaban J connectivity index is 2.14. The molecule has 3 N–H and O–H groups in total. The summed E-state index contributed by atoms with van der Waals surface area (Å²) in [6.07, 6.45) is 4.95. The van der Waals surface area contributed by atoms with E-state index in [0.717, 1.165) is 5.56 Å². The van der Waals surface area contributed by atoms with Gasteiger partial charge in [0, 0.05) is 25.6 Å². The first-order valence-corrected chi connectivity index (χ1v) is 10.6. The van der Waals surface area contributed by atoms with Gasteiger partial charge in [0.05, 0.1) is 24.8 Å². The first-order valence-electron chi connectivity index (χ1n) is 10.6. The summed E-state index contributed by atoms with van der Waals surface area (Å²) in [4.78, 5) is 27.8. The number of nitrogens with one attached hydrogen (secondary N) is 2. The molecule has 2 rings (SSSR count). The topological polar surface area (TPSA) is 90.9 Å². The number of amides is 2. The molecular formula is C24H35N3O4. The number of terminal acetylenes is 1. The Morgan fingerprint density at radius 3 is 2.58 bits per heavy atom. The number of benzene rings is 1. The fourth-order valence-corrected chi connectivity index (χ4v) is 3.77. The molecule has 0 saturated carbocycles. The third kappa shape index (κ3) is 6.22. The Morgan fingerprint density at radius 2 is 2.03 bits per heavy atom. The minimum absolute atomic E-state index is 0.106. The molecule has 0 unspecified atom stereocenters. The van der Waals surface area contributed by atoms with E-state index in [0.29, 0.717) is 11.3 Å². The number of hydrogen-bond donors (Lipinski definition) is 3. The third-order valence-corrected chi connectivity index (χ3v) is 5.37. The predicted molar refractivity (Wildman–Crippen MR) is 120 cm³/mol. The first-order chi connectivity index (χ1) is 14.5. The highest BCUT2D eigenvalue weighted by atomic mass is 16.5. The molecule has 1 aliphatic rings. The molecule has 170 valence electrons. The van der Waals surface area contributed by atoms with Crippen molar-refractivity contribution >= 4 is 11.8 Å². The van der Waals surface area contributed by atoms with Gasteiger partial charge in [-0.3, -0.25) is 9.59 Å². The number of β-amino-alcohol motifs (C(OH)–C–C–N with tert-alkyl or cyclic N) is 1. The maximum Gasteiger partial charge on any atom is 0.243 e. The molecule has 1 aliphatic heterocycles. The van der Waals surface area contributed by atoms with Crippen LogP contribution in [0.25, 0.3) is 0 Å². The zero-order valence-electron chi connectivity index (χ0n) is 19.4. The summed E-state index contributed by atoms with van der Waals surface area (Å²) in [5, 5.41) is 16.4. The van der Waals surface area contributed by atoms with Crippen LogP contribution in [0.5, 0.6) is 5.75 Å². The lowest BCUT2D eigenvalue weighted by atomic mass is 9.85. The Hall–Kier alpha value is -2.56. The predicted octanol–water partition coefficient (Wildman–Crippen LogP) is 1.67. The van der Waals surface area contributed by atoms with E-state index in [2.05, 4.69) is 16.6 Å². The van der Waals surface area contributed by atoms with Gasteiger partial charge in [-0.25, -0.2) is 0 Å². The second kappa shape index (κ2) is 10.2. The summed E-state index contributed by atoms with van der Waals surface area (Å²) < 4.78 is 5.29. The molecule has 0 aliphatic carbocycles. The summed E-state index contributed by atoms with van der Waals surface area (Å²) in [6, 6.07) is 4.30. The van der Waals surface area contributed by atoms with Gasteiger partial charge in [0.25, 0.3) is 0 Å². The Labute approximate surface area is 185 Å². The van der Waals surface area contributed by atoms with Gasteiger partial charge < -0.3 is 25.4 Å². The number of aliphatic hydroxyl groups is 1. The van der Waals surface area contributed by atoms with Crippen molar-refractivity contribution in [1.29, 1.82) is 0 Å². The largest absolute Gasteiger partial charge is 0.495 e. The van der Waals surface area contributed by atoms with Gasteiger partial charge in [0.15, 0.2) is 0 Å². The summed E-state index contributed by atoms with van der Waals surface area (Å²) in [5.74, 6) is 2.66. The first kappa shape index (κ1) is 24.7. The van der Waals surface area contributed by atoms with E-state index in [1.807, 2.05) is 40.7 Å². The van der Waals surface area contributed by atoms with Crippen LogP contribution in [0.4, 0.5) is 0 Å². The Morgan fingerprint density at radius 1 is 1.35 bits per heavy atom. The Bertz CT molecular complexity index is 838. The number of carbonyl (C=O) groups excluding carboxylic acids is 2. The molecule has 7 heteroatoms. The number of methoxy groups -OCH3 is 1. The van der Waals surface area contributed by atoms with Crippen molar-refractivity contribution < 1.29 is 19.4 Å². The zero-order chi connectivity index (χ0) is 23.3. The average Bonchev–Trinajstić information content (AvgIpc) is 3.10. The van der Waals surface area contributed by atoms with Crippen molar-refractivity contribution in [2.24, 2.45) is 5.41 Å². The highest BCUT2D eigenvalue weighted by molar-refractivity contribution is 5.91. The monoisotopic (exact) mass is 429 g/mol. The second-order valence-corrected chi connectivity index (χ2v) is 9.41. The maximum absolute atomic E-state index is 13.4. The van der Waals surface area contributed by atoms with Gasteiger partial charge in [0.1, 0.15) is 11.8 Å². The van der Waals surface area contributed by atoms with E-state index >= 15 is 0 Å². The molecule has 1 fully saturated rings. The van der Waals surface area contributed by atoms with Crippen LogP contribution in [0.15, 0.2) is 18.2 Å². The van der Waals surface area contributed by atoms with Crippen LogP contribution in [0.2, 0.25) is 0 Å². The third-order valence-electron chi connectivity index (χ3n) is 5.37. The van der Waals surface area contributed by atoms with Gasteiger partial charge in [-0.05, 0) is 23.1 Å². The van der Waals surface area contributed by atoms with Gasteiger partial charge in [0.2, 0.25) is 11.8 Å². The minimum Gasteiger partial charge on any atom is -0.495 e. The number of hydrogen-bond acceptors (Lipinski definition) is 5. The van der Waals surface area contributed by atoms with Gasteiger partial charge in [-0.1, -0.05) is 46.6 Å². The van der Waals surface area contributed by atoms with Crippen molar-refractivity contribution in [3.63, 3.8) is 0 Å². The lowest BCUT2D eigenvalue weighted by molar-refractivity contribution is -0.142. The number of rotatable bonds is 7. The lowest BCUT2D eigenvalue weighted by Gasteiger charge is -2.36. The number of nitrogens with zero attached hydrogens (tertiary/aromatic N) is 1. The van der Waals surface area contributed by atoms with Crippen molar-refractivity contribution in [1.82, 2.24) is 15.5 Å². The van der Waals surface area contributed by atoms with Crippen LogP contribution >= 0.6 is 0 Å². The number of ether oxygens (including phenoxy) is 1. The van der Waals surface area contributed by atoms with Crippen LogP contribution in [0.3, 0.4) is 0 Å². The molecule has 7 nitrogen and oxygen atoms in total. The summed E-state index contributed by atoms with van der Waals surface area (Å²) >= 11 is 0. The van der Waals surface area contributed by atoms with E-state index in [1.54, 1.807) is 19.2 Å². The molecule has 1 heterocycles. The number of likely N-dealkylation sites (tertiary alicyclic amines) is 1. The van der Waals surface area contributed by atoms with Crippen molar-refractivity contribution in [3.05, 3.63) is 29.3 Å². The molecule has 0 aromatic heterocycles. The fraction of sp³-hybridized carbons (Fsp3) is 0.583. The highest BCUT2D eigenvalue weighted by Gasteiger charge is 2.43. The number of aliphatic hydroxyl groups excluding tert-OH is 1. The molecule has 0 bridgehead atoms. The summed E-state index contributed by atoms with van der Waals surface area (Å²) in [7, 11) is 1.54. The Kier molecular flexibility index (Phi) is 8.10. The average molecular weight is 430 g/mol. The SMILES string of the molecule is C#Cc1ccc(CNC(=O)[C@@H]2C[C@@H](O)CN2C(=O)[C@@H](NC(C)C)C(C)(C)C)cc1OC. The van der Waals surface area contributed by atoms with E-state index in [1.165, 1.54) is 4.90 Å². The van der Waals surface area contributed by atoms with Gasteiger partial charge in [-0.2, -0.15) is 0 Å². The quantitative estimate of drug-likeness (QED) is 0.574. The smallest absolute Gasteiger partial charge is 0.243 e. The molecule has 0 radical (unpaired) electrons. The van der Waals surface area contributed by atoms with E-state index < -0.39 is 18.2 Å². The minimum atomic E-state index is -0.727. The molecule has 1 saturated heterocycles. The molecule has 2 amide bonds. The van der Waals surface area contributed by atoms with Gasteiger partial charge in [-0.15, -0.1) is 6.42 Å². The van der Waals surface area contributed by atoms with E-state index in [9.17, 15) is 14.7 Å².